The molecule has 0 saturated carbocycles. The second-order valence-electron chi connectivity index (χ2n) is 12.1. The number of hydrogen-bond donors (Lipinski definition) is 0. The largest absolute Gasteiger partial charge is 0.475 e. The van der Waals surface area contributed by atoms with Gasteiger partial charge in [-0.1, -0.05) is 18.7 Å². The van der Waals surface area contributed by atoms with E-state index >= 15 is 0 Å². The molecule has 0 radical (unpaired) electrons. The molecule has 1 aromatic heterocycles. The number of carbonyl (C=O) groups excluding carboxylic acids is 2. The minimum atomic E-state index is -1.07. The number of rotatable bonds is 6. The lowest BCUT2D eigenvalue weighted by Crippen LogP contribution is -2.58. The van der Waals surface area contributed by atoms with Gasteiger partial charge in [0.15, 0.2) is 5.60 Å². The zero-order valence-corrected chi connectivity index (χ0v) is 25.2. The number of carbonyl (C=O) groups is 2. The molecule has 1 amide bonds. The van der Waals surface area contributed by atoms with Crippen LogP contribution in [0.3, 0.4) is 0 Å². The molecule has 0 bridgehead atoms. The van der Waals surface area contributed by atoms with Gasteiger partial charge in [-0.3, -0.25) is 9.59 Å². The van der Waals surface area contributed by atoms with Crippen molar-refractivity contribution in [3.8, 4) is 17.8 Å². The highest BCUT2D eigenvalue weighted by Gasteiger charge is 2.51. The van der Waals surface area contributed by atoms with E-state index in [1.807, 2.05) is 32.2 Å². The average molecular weight is 586 g/mol. The number of para-hydroxylation sites is 1. The van der Waals surface area contributed by atoms with E-state index in [1.54, 1.807) is 4.90 Å². The highest BCUT2D eigenvalue weighted by molar-refractivity contribution is 6.05. The minimum Gasteiger partial charge on any atom is -0.475 e. The van der Waals surface area contributed by atoms with Gasteiger partial charge in [-0.2, -0.15) is 15.2 Å². The molecular formula is C32H39N7O4. The van der Waals surface area contributed by atoms with Crippen molar-refractivity contribution in [2.45, 2.75) is 56.7 Å². The van der Waals surface area contributed by atoms with Gasteiger partial charge in [0.25, 0.3) is 0 Å². The van der Waals surface area contributed by atoms with Crippen LogP contribution >= 0.6 is 0 Å². The topological polar surface area (TPSA) is 115 Å². The van der Waals surface area contributed by atoms with Gasteiger partial charge in [0.1, 0.15) is 23.9 Å². The lowest BCUT2D eigenvalue weighted by molar-refractivity contribution is -0.128. The van der Waals surface area contributed by atoms with Gasteiger partial charge in [-0.25, -0.2) is 0 Å². The fourth-order valence-corrected chi connectivity index (χ4v) is 7.10. The maximum atomic E-state index is 14.4. The van der Waals surface area contributed by atoms with E-state index in [-0.39, 0.29) is 36.2 Å². The Balaban J connectivity index is 1.36. The second-order valence-corrected chi connectivity index (χ2v) is 12.1. The van der Waals surface area contributed by atoms with Crippen molar-refractivity contribution in [2.24, 2.45) is 0 Å². The molecule has 43 heavy (non-hydrogen) atoms. The molecule has 3 atom stereocenters. The Morgan fingerprint density at radius 3 is 2.84 bits per heavy atom. The molecule has 3 aliphatic heterocycles. The standard InChI is InChI=1S/C32H39N7O4/c1-5-26(40)39-17-16-38(18-22(39)12-14-33)30-24-11-13-32(20-37(4)28-21(2)8-6-10-25(28)43-32)29(41)27(24)34-31(35-30)42-19-23-9-7-15-36(23)3/h5-6,8,10,22-23H,1,7,9,11-13,15-20H2,2-4H3/t22?,23?,32-/m0/s1. The van der Waals surface area contributed by atoms with E-state index in [1.165, 1.54) is 6.08 Å². The highest BCUT2D eigenvalue weighted by atomic mass is 16.5. The number of anilines is 2. The average Bonchev–Trinajstić information content (AvgIpc) is 3.41. The van der Waals surface area contributed by atoms with Crippen LogP contribution in [0.1, 0.15) is 47.3 Å². The smallest absolute Gasteiger partial charge is 0.319 e. The normalized spacial score (nSPS) is 25.2. The van der Waals surface area contributed by atoms with Gasteiger partial charge < -0.3 is 29.1 Å². The molecule has 1 aromatic carbocycles. The third kappa shape index (κ3) is 5.18. The van der Waals surface area contributed by atoms with Gasteiger partial charge in [0.05, 0.1) is 30.8 Å². The van der Waals surface area contributed by atoms with Crippen LogP contribution in [0.5, 0.6) is 11.8 Å². The highest BCUT2D eigenvalue weighted by Crippen LogP contribution is 2.44. The van der Waals surface area contributed by atoms with Crippen molar-refractivity contribution in [1.29, 1.82) is 5.26 Å². The molecule has 4 heterocycles. The molecule has 1 spiro atoms. The number of ketones is 1. The van der Waals surface area contributed by atoms with Crippen LogP contribution in [0.25, 0.3) is 0 Å². The van der Waals surface area contributed by atoms with Crippen molar-refractivity contribution in [2.75, 3.05) is 63.2 Å². The summed E-state index contributed by atoms with van der Waals surface area (Å²) in [6, 6.07) is 8.22. The third-order valence-corrected chi connectivity index (χ3v) is 9.40. The van der Waals surface area contributed by atoms with E-state index < -0.39 is 5.60 Å². The number of aromatic nitrogens is 2. The Bertz CT molecular complexity index is 1490. The van der Waals surface area contributed by atoms with E-state index in [2.05, 4.69) is 34.4 Å². The van der Waals surface area contributed by atoms with Crippen molar-refractivity contribution in [3.05, 3.63) is 47.7 Å². The molecule has 226 valence electrons. The van der Waals surface area contributed by atoms with Crippen LogP contribution in [0, 0.1) is 18.3 Å². The van der Waals surface area contributed by atoms with Crippen molar-refractivity contribution in [3.63, 3.8) is 0 Å². The molecule has 1 aliphatic carbocycles. The molecular weight excluding hydrogens is 546 g/mol. The predicted octanol–water partition coefficient (Wildman–Crippen LogP) is 2.77. The number of aryl methyl sites for hydroxylation is 1. The summed E-state index contributed by atoms with van der Waals surface area (Å²) >= 11 is 0. The van der Waals surface area contributed by atoms with Crippen LogP contribution in [-0.2, 0) is 11.2 Å². The summed E-state index contributed by atoms with van der Waals surface area (Å²) < 4.78 is 12.8. The Hall–Kier alpha value is -4.17. The number of amides is 1. The lowest BCUT2D eigenvalue weighted by Gasteiger charge is -2.45. The van der Waals surface area contributed by atoms with Gasteiger partial charge >= 0.3 is 6.01 Å². The predicted molar refractivity (Wildman–Crippen MR) is 162 cm³/mol. The van der Waals surface area contributed by atoms with Crippen LogP contribution in [0.4, 0.5) is 11.5 Å². The summed E-state index contributed by atoms with van der Waals surface area (Å²) in [6.07, 6.45) is 4.65. The van der Waals surface area contributed by atoms with Crippen molar-refractivity contribution in [1.82, 2.24) is 19.8 Å². The third-order valence-electron chi connectivity index (χ3n) is 9.40. The molecule has 4 aliphatic rings. The van der Waals surface area contributed by atoms with E-state index in [0.29, 0.717) is 62.9 Å². The Morgan fingerprint density at radius 1 is 1.26 bits per heavy atom. The molecule has 11 heteroatoms. The number of ether oxygens (including phenoxy) is 2. The van der Waals surface area contributed by atoms with Gasteiger partial charge in [0.2, 0.25) is 11.7 Å². The first-order chi connectivity index (χ1) is 20.7. The molecule has 11 nitrogen and oxygen atoms in total. The fraction of sp³-hybridized carbons (Fsp3) is 0.531. The van der Waals surface area contributed by atoms with E-state index in [0.717, 1.165) is 36.2 Å². The first kappa shape index (κ1) is 28.9. The van der Waals surface area contributed by atoms with E-state index in [9.17, 15) is 14.9 Å². The number of likely N-dealkylation sites (N-methyl/N-ethyl adjacent to an activating group) is 2. The van der Waals surface area contributed by atoms with Gasteiger partial charge in [-0.15, -0.1) is 0 Å². The molecule has 6 rings (SSSR count). The van der Waals surface area contributed by atoms with Crippen molar-refractivity contribution >= 4 is 23.2 Å². The van der Waals surface area contributed by atoms with Gasteiger partial charge in [-0.05, 0) is 57.5 Å². The first-order valence-corrected chi connectivity index (χ1v) is 15.1. The minimum absolute atomic E-state index is 0.168. The number of nitrogens with zero attached hydrogens (tertiary/aromatic N) is 7. The van der Waals surface area contributed by atoms with Crippen molar-refractivity contribution < 1.29 is 19.1 Å². The van der Waals surface area contributed by atoms with Crippen LogP contribution in [0.2, 0.25) is 0 Å². The maximum absolute atomic E-state index is 14.4. The second kappa shape index (κ2) is 11.5. The number of nitriles is 1. The lowest BCUT2D eigenvalue weighted by atomic mass is 9.80. The monoisotopic (exact) mass is 585 g/mol. The number of hydrogen-bond acceptors (Lipinski definition) is 10. The number of piperazine rings is 1. The quantitative estimate of drug-likeness (QED) is 0.469. The zero-order chi connectivity index (χ0) is 30.3. The molecule has 0 N–H and O–H groups in total. The summed E-state index contributed by atoms with van der Waals surface area (Å²) in [5, 5.41) is 9.52. The summed E-state index contributed by atoms with van der Waals surface area (Å²) in [4.78, 5) is 44.7. The zero-order valence-electron chi connectivity index (χ0n) is 25.2. The Kier molecular flexibility index (Phi) is 7.73. The summed E-state index contributed by atoms with van der Waals surface area (Å²) in [5.74, 6) is 0.966. The number of likely N-dealkylation sites (tertiary alicyclic amines) is 1. The molecule has 2 fully saturated rings. The van der Waals surface area contributed by atoms with Gasteiger partial charge in [0, 0.05) is 44.7 Å². The number of Topliss-reactive ketones (excluding diaryl/α,β-unsaturated/α-hetero) is 1. The Morgan fingerprint density at radius 2 is 2.09 bits per heavy atom. The Labute approximate surface area is 252 Å². The maximum Gasteiger partial charge on any atom is 0.319 e. The summed E-state index contributed by atoms with van der Waals surface area (Å²) in [7, 11) is 4.08. The summed E-state index contributed by atoms with van der Waals surface area (Å²) in [5.41, 5.74) is 2.11. The molecule has 2 saturated heterocycles. The number of fused-ring (bicyclic) bond motifs is 2. The molecule has 2 aromatic rings. The number of benzene rings is 1. The molecule has 2 unspecified atom stereocenters. The fourth-order valence-electron chi connectivity index (χ4n) is 7.10. The van der Waals surface area contributed by atoms with Crippen LogP contribution < -0.4 is 19.3 Å². The van der Waals surface area contributed by atoms with Crippen LogP contribution in [0.15, 0.2) is 30.9 Å². The van der Waals surface area contributed by atoms with E-state index in [4.69, 9.17) is 19.4 Å². The first-order valence-electron chi connectivity index (χ1n) is 15.1. The SMILES string of the molecule is C=CC(=O)N1CCN(c2nc(OCC3CCCN3C)nc3c2CC[C@]2(CN(C)c4c(C)cccc4O2)C3=O)CC1CC#N. The summed E-state index contributed by atoms with van der Waals surface area (Å²) in [6.45, 7) is 8.86. The van der Waals surface area contributed by atoms with Crippen LogP contribution in [-0.4, -0.2) is 103 Å².